The van der Waals surface area contributed by atoms with E-state index in [2.05, 4.69) is 4.98 Å². The minimum atomic E-state index is -1.19. The first-order valence-corrected chi connectivity index (χ1v) is 5.22. The number of aromatic nitrogens is 1. The van der Waals surface area contributed by atoms with Gasteiger partial charge in [-0.25, -0.2) is 9.59 Å². The van der Waals surface area contributed by atoms with Gasteiger partial charge in [0, 0.05) is 24.9 Å². The number of carboxylic acids is 1. The fraction of sp³-hybridized carbons (Fsp3) is 0.364. The molecular weight excluding hydrogens is 224 g/mol. The Kier molecular flexibility index (Phi) is 2.95. The third kappa shape index (κ3) is 2.20. The summed E-state index contributed by atoms with van der Waals surface area (Å²) in [6.45, 7) is 0.219. The Hall–Kier alpha value is -2.11. The highest BCUT2D eigenvalue weighted by atomic mass is 16.4. The molecule has 6 heteroatoms. The molecule has 1 amide bonds. The zero-order valence-electron chi connectivity index (χ0n) is 8.98. The number of hydrogen-bond donors (Lipinski definition) is 2. The highest BCUT2D eigenvalue weighted by Gasteiger charge is 2.40. The lowest BCUT2D eigenvalue weighted by Crippen LogP contribution is -2.39. The summed E-state index contributed by atoms with van der Waals surface area (Å²) in [5.74, 6) is -1.17. The van der Waals surface area contributed by atoms with E-state index in [0.29, 0.717) is 6.42 Å². The number of nitrogens with zero attached hydrogens (tertiary/aromatic N) is 2. The average molecular weight is 236 g/mol. The van der Waals surface area contributed by atoms with Gasteiger partial charge in [-0.15, -0.1) is 0 Å². The van der Waals surface area contributed by atoms with Crippen molar-refractivity contribution in [2.75, 3.05) is 6.54 Å². The molecule has 90 valence electrons. The summed E-state index contributed by atoms with van der Waals surface area (Å²) >= 11 is 0. The number of amides is 1. The second-order valence-corrected chi connectivity index (χ2v) is 4.00. The van der Waals surface area contributed by atoms with Gasteiger partial charge in [0.05, 0.1) is 0 Å². The summed E-state index contributed by atoms with van der Waals surface area (Å²) in [6.07, 6.45) is 2.36. The second-order valence-electron chi connectivity index (χ2n) is 4.00. The van der Waals surface area contributed by atoms with Gasteiger partial charge >= 0.3 is 12.1 Å². The molecule has 1 aliphatic heterocycles. The summed E-state index contributed by atoms with van der Waals surface area (Å²) in [5.41, 5.74) is 0.926. The molecule has 2 heterocycles. The standard InChI is InChI=1S/C11H12N2O4/c14-10(15)9-5-8(6-13(9)11(16)17)7-1-3-12-4-2-7/h1-4,8-9H,5-6H2,(H,14,15)(H,16,17)/t8-,9-/m1/s1. The molecule has 0 radical (unpaired) electrons. The summed E-state index contributed by atoms with van der Waals surface area (Å²) in [4.78, 5) is 26.8. The predicted octanol–water partition coefficient (Wildman–Crippen LogP) is 1.00. The number of carbonyl (C=O) groups is 2. The normalized spacial score (nSPS) is 23.6. The lowest BCUT2D eigenvalue weighted by Gasteiger charge is -2.16. The monoisotopic (exact) mass is 236 g/mol. The maximum absolute atomic E-state index is 11.0. The van der Waals surface area contributed by atoms with E-state index in [1.165, 1.54) is 0 Å². The number of hydrogen-bond acceptors (Lipinski definition) is 3. The van der Waals surface area contributed by atoms with E-state index < -0.39 is 18.1 Å². The molecule has 17 heavy (non-hydrogen) atoms. The molecule has 0 aromatic carbocycles. The second kappa shape index (κ2) is 4.40. The SMILES string of the molecule is O=C(O)[C@H]1C[C@@H](c2ccncc2)CN1C(=O)O. The van der Waals surface area contributed by atoms with Crippen LogP contribution < -0.4 is 0 Å². The maximum Gasteiger partial charge on any atom is 0.408 e. The third-order valence-electron chi connectivity index (χ3n) is 3.01. The lowest BCUT2D eigenvalue weighted by atomic mass is 9.97. The molecule has 2 atom stereocenters. The van der Waals surface area contributed by atoms with E-state index in [0.717, 1.165) is 10.5 Å². The van der Waals surface area contributed by atoms with Crippen LogP contribution in [-0.4, -0.2) is 44.7 Å². The van der Waals surface area contributed by atoms with Crippen LogP contribution in [0.25, 0.3) is 0 Å². The van der Waals surface area contributed by atoms with Crippen molar-refractivity contribution in [1.29, 1.82) is 0 Å². The van der Waals surface area contributed by atoms with Gasteiger partial charge in [-0.05, 0) is 24.1 Å². The van der Waals surface area contributed by atoms with Gasteiger partial charge in [0.15, 0.2) is 0 Å². The summed E-state index contributed by atoms with van der Waals surface area (Å²) in [6, 6.07) is 2.62. The molecule has 2 rings (SSSR count). The molecule has 0 unspecified atom stereocenters. The van der Waals surface area contributed by atoms with E-state index in [1.807, 2.05) is 0 Å². The van der Waals surface area contributed by atoms with E-state index >= 15 is 0 Å². The Balaban J connectivity index is 2.20. The molecule has 1 saturated heterocycles. The fourth-order valence-electron chi connectivity index (χ4n) is 2.16. The highest BCUT2D eigenvalue weighted by molar-refractivity contribution is 5.80. The van der Waals surface area contributed by atoms with Crippen LogP contribution in [0.5, 0.6) is 0 Å². The highest BCUT2D eigenvalue weighted by Crippen LogP contribution is 2.31. The largest absolute Gasteiger partial charge is 0.480 e. The number of likely N-dealkylation sites (tertiary alicyclic amines) is 1. The van der Waals surface area contributed by atoms with Crippen molar-refractivity contribution < 1.29 is 19.8 Å². The van der Waals surface area contributed by atoms with E-state index in [9.17, 15) is 9.59 Å². The first-order valence-electron chi connectivity index (χ1n) is 5.22. The van der Waals surface area contributed by atoms with Crippen LogP contribution in [0.3, 0.4) is 0 Å². The zero-order chi connectivity index (χ0) is 12.4. The van der Waals surface area contributed by atoms with Crippen LogP contribution in [0.2, 0.25) is 0 Å². The Morgan fingerprint density at radius 3 is 2.41 bits per heavy atom. The first kappa shape index (κ1) is 11.4. The summed E-state index contributed by atoms with van der Waals surface area (Å²) in [7, 11) is 0. The Morgan fingerprint density at radius 1 is 1.29 bits per heavy atom. The number of pyridine rings is 1. The van der Waals surface area contributed by atoms with Gasteiger partial charge in [0.2, 0.25) is 0 Å². The zero-order valence-corrected chi connectivity index (χ0v) is 8.98. The number of rotatable bonds is 2. The quantitative estimate of drug-likeness (QED) is 0.799. The topological polar surface area (TPSA) is 90.7 Å². The van der Waals surface area contributed by atoms with Crippen molar-refractivity contribution in [1.82, 2.24) is 9.88 Å². The fourth-order valence-corrected chi connectivity index (χ4v) is 2.16. The van der Waals surface area contributed by atoms with Gasteiger partial charge in [0.1, 0.15) is 6.04 Å². The smallest absolute Gasteiger partial charge is 0.408 e. The first-order chi connectivity index (χ1) is 8.09. The van der Waals surface area contributed by atoms with Crippen LogP contribution >= 0.6 is 0 Å². The van der Waals surface area contributed by atoms with Crippen molar-refractivity contribution >= 4 is 12.1 Å². The Bertz CT molecular complexity index is 412. The van der Waals surface area contributed by atoms with Crippen molar-refractivity contribution in [2.45, 2.75) is 18.4 Å². The van der Waals surface area contributed by atoms with E-state index in [-0.39, 0.29) is 12.5 Å². The minimum Gasteiger partial charge on any atom is -0.480 e. The molecule has 6 nitrogen and oxygen atoms in total. The third-order valence-corrected chi connectivity index (χ3v) is 3.01. The van der Waals surface area contributed by atoms with Crippen molar-refractivity contribution in [3.63, 3.8) is 0 Å². The number of carboxylic acid groups (broad SMARTS) is 2. The van der Waals surface area contributed by atoms with E-state index in [1.54, 1.807) is 24.5 Å². The average Bonchev–Trinajstić information content (AvgIpc) is 2.75. The van der Waals surface area contributed by atoms with E-state index in [4.69, 9.17) is 10.2 Å². The van der Waals surface area contributed by atoms with Gasteiger partial charge in [-0.1, -0.05) is 0 Å². The molecule has 0 bridgehead atoms. The molecule has 1 fully saturated rings. The predicted molar refractivity (Wildman–Crippen MR) is 57.7 cm³/mol. The summed E-state index contributed by atoms with van der Waals surface area (Å²) in [5, 5.41) is 17.9. The molecule has 0 spiro atoms. The van der Waals surface area contributed by atoms with Gasteiger partial charge in [-0.3, -0.25) is 9.88 Å². The van der Waals surface area contributed by atoms with Crippen LogP contribution in [0.4, 0.5) is 4.79 Å². The molecule has 1 aromatic rings. The van der Waals surface area contributed by atoms with Gasteiger partial charge in [-0.2, -0.15) is 0 Å². The molecule has 2 N–H and O–H groups in total. The molecule has 0 aliphatic carbocycles. The lowest BCUT2D eigenvalue weighted by molar-refractivity contribution is -0.141. The van der Waals surface area contributed by atoms with Gasteiger partial charge in [0.25, 0.3) is 0 Å². The van der Waals surface area contributed by atoms with Crippen molar-refractivity contribution in [3.8, 4) is 0 Å². The number of aliphatic carboxylic acids is 1. The van der Waals surface area contributed by atoms with Gasteiger partial charge < -0.3 is 10.2 Å². The van der Waals surface area contributed by atoms with Crippen molar-refractivity contribution in [3.05, 3.63) is 30.1 Å². The Labute approximate surface area is 97.5 Å². The van der Waals surface area contributed by atoms with Crippen molar-refractivity contribution in [2.24, 2.45) is 0 Å². The maximum atomic E-state index is 11.0. The van der Waals surface area contributed by atoms with Crippen LogP contribution in [0.15, 0.2) is 24.5 Å². The van der Waals surface area contributed by atoms with Crippen LogP contribution in [0, 0.1) is 0 Å². The van der Waals surface area contributed by atoms with Crippen LogP contribution in [0.1, 0.15) is 17.9 Å². The molecule has 1 aliphatic rings. The minimum absolute atomic E-state index is 0.0739. The summed E-state index contributed by atoms with van der Waals surface area (Å²) < 4.78 is 0. The Morgan fingerprint density at radius 2 is 1.94 bits per heavy atom. The van der Waals surface area contributed by atoms with Crippen LogP contribution in [-0.2, 0) is 4.79 Å². The molecule has 0 saturated carbocycles. The molecular formula is C11H12N2O4. The molecule has 1 aromatic heterocycles.